The number of hydrogen-bond acceptors (Lipinski definition) is 4. The van der Waals surface area contributed by atoms with Crippen molar-refractivity contribution in [2.45, 2.75) is 150 Å². The predicted octanol–water partition coefficient (Wildman–Crippen LogP) is 8.80. The normalized spacial score (nSPS) is 12.2. The van der Waals surface area contributed by atoms with Crippen molar-refractivity contribution in [3.05, 3.63) is 0 Å². The molecule has 196 valence electrons. The zero-order chi connectivity index (χ0) is 24.6. The van der Waals surface area contributed by atoms with Crippen LogP contribution in [0.3, 0.4) is 0 Å². The Morgan fingerprint density at radius 3 is 1.45 bits per heavy atom. The Labute approximate surface area is 206 Å². The molecule has 0 N–H and O–H groups in total. The van der Waals surface area contributed by atoms with Crippen molar-refractivity contribution in [1.82, 2.24) is 0 Å². The molecule has 1 unspecified atom stereocenters. The van der Waals surface area contributed by atoms with Gasteiger partial charge in [0.2, 0.25) is 0 Å². The lowest BCUT2D eigenvalue weighted by Gasteiger charge is -2.20. The zero-order valence-corrected chi connectivity index (χ0v) is 22.6. The van der Waals surface area contributed by atoms with Crippen LogP contribution >= 0.6 is 0 Å². The van der Waals surface area contributed by atoms with Gasteiger partial charge in [0.1, 0.15) is 0 Å². The highest BCUT2D eigenvalue weighted by Gasteiger charge is 2.18. The van der Waals surface area contributed by atoms with Gasteiger partial charge in [-0.05, 0) is 37.5 Å². The van der Waals surface area contributed by atoms with E-state index in [2.05, 4.69) is 27.7 Å². The molecule has 0 aliphatic rings. The second-order valence-corrected chi connectivity index (χ2v) is 10.1. The van der Waals surface area contributed by atoms with Crippen LogP contribution in [0.4, 0.5) is 0 Å². The molecular weight excluding hydrogens is 412 g/mol. The highest BCUT2D eigenvalue weighted by atomic mass is 16.5. The molecule has 0 aromatic carbocycles. The fourth-order valence-corrected chi connectivity index (χ4v) is 4.12. The SMILES string of the molecule is CCCCOC(=O)CCCCCCCCCCCCCCC(CC(=O)OCCCC)C(C)C. The van der Waals surface area contributed by atoms with Gasteiger partial charge in [-0.2, -0.15) is 0 Å². The molecule has 0 saturated carbocycles. The van der Waals surface area contributed by atoms with E-state index in [0.717, 1.165) is 44.9 Å². The quantitative estimate of drug-likeness (QED) is 0.105. The summed E-state index contributed by atoms with van der Waals surface area (Å²) in [5.74, 6) is 0.981. The number of carbonyl (C=O) groups excluding carboxylic acids is 2. The number of hydrogen-bond donors (Lipinski definition) is 0. The second kappa shape index (κ2) is 24.1. The summed E-state index contributed by atoms with van der Waals surface area (Å²) in [7, 11) is 0. The fourth-order valence-electron chi connectivity index (χ4n) is 4.12. The molecule has 4 heteroatoms. The Bertz CT molecular complexity index is 447. The maximum absolute atomic E-state index is 12.0. The van der Waals surface area contributed by atoms with Gasteiger partial charge in [0.15, 0.2) is 0 Å². The van der Waals surface area contributed by atoms with E-state index in [0.29, 0.717) is 37.9 Å². The Morgan fingerprint density at radius 2 is 1.00 bits per heavy atom. The summed E-state index contributed by atoms with van der Waals surface area (Å²) in [5.41, 5.74) is 0. The number of esters is 2. The number of unbranched alkanes of at least 4 members (excludes halogenated alkanes) is 13. The average molecular weight is 469 g/mol. The van der Waals surface area contributed by atoms with Crippen LogP contribution in [0.25, 0.3) is 0 Å². The van der Waals surface area contributed by atoms with E-state index in [1.54, 1.807) is 0 Å². The first-order valence-electron chi connectivity index (χ1n) is 14.3. The molecule has 0 aliphatic carbocycles. The van der Waals surface area contributed by atoms with E-state index in [4.69, 9.17) is 9.47 Å². The molecule has 0 rings (SSSR count). The monoisotopic (exact) mass is 468 g/mol. The van der Waals surface area contributed by atoms with Crippen LogP contribution in [0.1, 0.15) is 150 Å². The number of carbonyl (C=O) groups is 2. The molecule has 0 spiro atoms. The summed E-state index contributed by atoms with van der Waals surface area (Å²) in [6.45, 7) is 9.85. The van der Waals surface area contributed by atoms with Crippen LogP contribution in [0.2, 0.25) is 0 Å². The van der Waals surface area contributed by atoms with Crippen molar-refractivity contribution in [2.24, 2.45) is 11.8 Å². The molecular formula is C29H56O4. The van der Waals surface area contributed by atoms with E-state index in [1.807, 2.05) is 0 Å². The van der Waals surface area contributed by atoms with E-state index >= 15 is 0 Å². The third-order valence-corrected chi connectivity index (χ3v) is 6.60. The molecule has 1 atom stereocenters. The van der Waals surface area contributed by atoms with Crippen molar-refractivity contribution >= 4 is 11.9 Å². The van der Waals surface area contributed by atoms with Crippen LogP contribution < -0.4 is 0 Å². The van der Waals surface area contributed by atoms with Gasteiger partial charge in [0.05, 0.1) is 13.2 Å². The second-order valence-electron chi connectivity index (χ2n) is 10.1. The third kappa shape index (κ3) is 22.5. The highest BCUT2D eigenvalue weighted by molar-refractivity contribution is 5.69. The minimum atomic E-state index is -0.0203. The first-order valence-corrected chi connectivity index (χ1v) is 14.3. The smallest absolute Gasteiger partial charge is 0.306 e. The topological polar surface area (TPSA) is 52.6 Å². The van der Waals surface area contributed by atoms with E-state index in [-0.39, 0.29) is 11.9 Å². The minimum absolute atomic E-state index is 0.00735. The predicted molar refractivity (Wildman–Crippen MR) is 139 cm³/mol. The highest BCUT2D eigenvalue weighted by Crippen LogP contribution is 2.23. The van der Waals surface area contributed by atoms with Crippen molar-refractivity contribution in [3.63, 3.8) is 0 Å². The van der Waals surface area contributed by atoms with Gasteiger partial charge in [-0.1, -0.05) is 111 Å². The van der Waals surface area contributed by atoms with Gasteiger partial charge < -0.3 is 9.47 Å². The molecule has 0 saturated heterocycles. The molecule has 0 bridgehead atoms. The van der Waals surface area contributed by atoms with Crippen LogP contribution in [0, 0.1) is 11.8 Å². The summed E-state index contributed by atoms with van der Waals surface area (Å²) >= 11 is 0. The van der Waals surface area contributed by atoms with Gasteiger partial charge in [-0.3, -0.25) is 9.59 Å². The summed E-state index contributed by atoms with van der Waals surface area (Å²) < 4.78 is 10.5. The summed E-state index contributed by atoms with van der Waals surface area (Å²) in [6, 6.07) is 0. The Kier molecular flexibility index (Phi) is 23.3. The Balaban J connectivity index is 3.47. The molecule has 0 heterocycles. The van der Waals surface area contributed by atoms with Gasteiger partial charge in [0.25, 0.3) is 0 Å². The van der Waals surface area contributed by atoms with Gasteiger partial charge in [-0.25, -0.2) is 0 Å². The van der Waals surface area contributed by atoms with Crippen molar-refractivity contribution < 1.29 is 19.1 Å². The first-order chi connectivity index (χ1) is 16.0. The van der Waals surface area contributed by atoms with Crippen molar-refractivity contribution in [1.29, 1.82) is 0 Å². The van der Waals surface area contributed by atoms with Crippen molar-refractivity contribution in [2.75, 3.05) is 13.2 Å². The zero-order valence-electron chi connectivity index (χ0n) is 22.6. The molecule has 0 amide bonds. The van der Waals surface area contributed by atoms with Crippen LogP contribution in [-0.4, -0.2) is 25.2 Å². The molecule has 4 nitrogen and oxygen atoms in total. The van der Waals surface area contributed by atoms with Gasteiger partial charge in [-0.15, -0.1) is 0 Å². The lowest BCUT2D eigenvalue weighted by molar-refractivity contribution is -0.145. The standard InChI is InChI=1S/C29H56O4/c1-5-7-23-32-28(30)22-20-18-16-14-12-10-9-11-13-15-17-19-21-27(26(3)4)25-29(31)33-24-8-6-2/h26-27H,5-25H2,1-4H3. The van der Waals surface area contributed by atoms with Crippen LogP contribution in [0.15, 0.2) is 0 Å². The third-order valence-electron chi connectivity index (χ3n) is 6.60. The maximum Gasteiger partial charge on any atom is 0.306 e. The van der Waals surface area contributed by atoms with E-state index in [9.17, 15) is 9.59 Å². The van der Waals surface area contributed by atoms with Crippen LogP contribution in [-0.2, 0) is 19.1 Å². The van der Waals surface area contributed by atoms with Crippen LogP contribution in [0.5, 0.6) is 0 Å². The first kappa shape index (κ1) is 31.9. The molecule has 0 radical (unpaired) electrons. The maximum atomic E-state index is 12.0. The fraction of sp³-hybridized carbons (Fsp3) is 0.931. The summed E-state index contributed by atoms with van der Waals surface area (Å²) in [4.78, 5) is 23.5. The van der Waals surface area contributed by atoms with Crippen molar-refractivity contribution in [3.8, 4) is 0 Å². The molecule has 0 aliphatic heterocycles. The molecule has 33 heavy (non-hydrogen) atoms. The summed E-state index contributed by atoms with van der Waals surface area (Å²) in [5, 5.41) is 0. The Hall–Kier alpha value is -1.06. The molecule has 0 aromatic rings. The minimum Gasteiger partial charge on any atom is -0.466 e. The molecule has 0 aromatic heterocycles. The number of ether oxygens (including phenoxy) is 2. The van der Waals surface area contributed by atoms with E-state index in [1.165, 1.54) is 64.2 Å². The van der Waals surface area contributed by atoms with Gasteiger partial charge in [0, 0.05) is 12.8 Å². The van der Waals surface area contributed by atoms with E-state index < -0.39 is 0 Å². The van der Waals surface area contributed by atoms with Gasteiger partial charge >= 0.3 is 11.9 Å². The lowest BCUT2D eigenvalue weighted by atomic mass is 9.87. The largest absolute Gasteiger partial charge is 0.466 e. The summed E-state index contributed by atoms with van der Waals surface area (Å²) in [6.07, 6.45) is 21.6. The Morgan fingerprint density at radius 1 is 0.576 bits per heavy atom. The number of rotatable bonds is 24. The lowest BCUT2D eigenvalue weighted by Crippen LogP contribution is -2.16. The molecule has 0 fully saturated rings. The average Bonchev–Trinajstić information content (AvgIpc) is 2.78.